The van der Waals surface area contributed by atoms with Gasteiger partial charge in [-0.15, -0.1) is 0 Å². The maximum Gasteiger partial charge on any atom is 0.106 e. The van der Waals surface area contributed by atoms with Crippen molar-refractivity contribution < 1.29 is 14.6 Å². The van der Waals surface area contributed by atoms with Crippen LogP contribution in [0.1, 0.15) is 65.2 Å². The largest absolute Gasteiger partial charge is 0.393 e. The van der Waals surface area contributed by atoms with Crippen molar-refractivity contribution in [2.24, 2.45) is 46.8 Å². The molecule has 5 fully saturated rings. The maximum absolute atomic E-state index is 14.8. The second kappa shape index (κ2) is 4.97. The average Bonchev–Trinajstić information content (AvgIpc) is 3.13. The number of alkyl halides is 1. The van der Waals surface area contributed by atoms with Crippen molar-refractivity contribution in [2.45, 2.75) is 83.1 Å². The Labute approximate surface area is 145 Å². The summed E-state index contributed by atoms with van der Waals surface area (Å²) in [6.07, 6.45) is 7.37. The number of hydrogen-bond acceptors (Lipinski definition) is 2. The molecule has 0 heterocycles. The summed E-state index contributed by atoms with van der Waals surface area (Å²) in [4.78, 5) is 0. The number of aliphatic hydroxyl groups is 2. The summed E-state index contributed by atoms with van der Waals surface area (Å²) >= 11 is 0. The second-order valence-corrected chi connectivity index (χ2v) is 10.4. The van der Waals surface area contributed by atoms with Crippen LogP contribution in [0, 0.1) is 46.8 Å². The lowest BCUT2D eigenvalue weighted by molar-refractivity contribution is -0.0926. The molecule has 5 saturated carbocycles. The number of fused-ring (bicyclic) bond motifs is 7. The highest BCUT2D eigenvalue weighted by atomic mass is 19.1. The van der Waals surface area contributed by atoms with Gasteiger partial charge in [0.2, 0.25) is 0 Å². The van der Waals surface area contributed by atoms with Gasteiger partial charge in [-0.2, -0.15) is 0 Å². The van der Waals surface area contributed by atoms with Gasteiger partial charge in [-0.25, -0.2) is 4.39 Å². The van der Waals surface area contributed by atoms with E-state index in [1.807, 2.05) is 0 Å². The smallest absolute Gasteiger partial charge is 0.106 e. The Hall–Kier alpha value is -0.150. The lowest BCUT2D eigenvalue weighted by atomic mass is 9.49. The summed E-state index contributed by atoms with van der Waals surface area (Å²) in [5.74, 6) is 3.82. The van der Waals surface area contributed by atoms with Crippen LogP contribution in [0.4, 0.5) is 4.39 Å². The van der Waals surface area contributed by atoms with Crippen LogP contribution in [0.2, 0.25) is 0 Å². The van der Waals surface area contributed by atoms with Crippen LogP contribution in [0.15, 0.2) is 0 Å². The van der Waals surface area contributed by atoms with E-state index in [4.69, 9.17) is 0 Å². The maximum atomic E-state index is 14.8. The van der Waals surface area contributed by atoms with Crippen LogP contribution in [-0.2, 0) is 0 Å². The summed E-state index contributed by atoms with van der Waals surface area (Å²) in [6.45, 7) is 4.07. The highest BCUT2D eigenvalue weighted by molar-refractivity contribution is 5.15. The highest BCUT2D eigenvalue weighted by Crippen LogP contribution is 2.69. The van der Waals surface area contributed by atoms with Crippen molar-refractivity contribution in [3.63, 3.8) is 0 Å². The predicted octanol–water partition coefficient (Wildman–Crippen LogP) is 3.94. The van der Waals surface area contributed by atoms with Crippen LogP contribution in [0.25, 0.3) is 0 Å². The number of aliphatic hydroxyl groups excluding tert-OH is 1. The van der Waals surface area contributed by atoms with Gasteiger partial charge in [-0.1, -0.05) is 6.92 Å². The predicted molar refractivity (Wildman–Crippen MR) is 91.0 cm³/mol. The summed E-state index contributed by atoms with van der Waals surface area (Å²) in [6, 6.07) is 0. The molecule has 2 N–H and O–H groups in total. The molecule has 2 nitrogen and oxygen atoms in total. The fourth-order valence-corrected chi connectivity index (χ4v) is 8.54. The molecule has 0 amide bonds. The first kappa shape index (κ1) is 16.1. The summed E-state index contributed by atoms with van der Waals surface area (Å²) in [5.41, 5.74) is -0.303. The van der Waals surface area contributed by atoms with Crippen molar-refractivity contribution >= 4 is 0 Å². The molecule has 0 aromatic rings. The van der Waals surface area contributed by atoms with Gasteiger partial charge in [-0.3, -0.25) is 0 Å². The van der Waals surface area contributed by atoms with Crippen molar-refractivity contribution in [1.29, 1.82) is 0 Å². The molecule has 0 aliphatic heterocycles. The first-order chi connectivity index (χ1) is 11.3. The minimum Gasteiger partial charge on any atom is -0.393 e. The zero-order valence-corrected chi connectivity index (χ0v) is 15.1. The zero-order valence-electron chi connectivity index (χ0n) is 15.1. The van der Waals surface area contributed by atoms with Crippen molar-refractivity contribution in [2.75, 3.05) is 0 Å². The van der Waals surface area contributed by atoms with Crippen LogP contribution in [0.5, 0.6) is 0 Å². The number of hydrogen-bond donors (Lipinski definition) is 2. The average molecular weight is 336 g/mol. The monoisotopic (exact) mass is 336 g/mol. The molecule has 0 aromatic heterocycles. The molecule has 5 aliphatic rings. The Morgan fingerprint density at radius 3 is 2.25 bits per heavy atom. The molecule has 0 radical (unpaired) electrons. The van der Waals surface area contributed by atoms with Gasteiger partial charge >= 0.3 is 0 Å². The van der Waals surface area contributed by atoms with E-state index in [0.29, 0.717) is 24.2 Å². The fraction of sp³-hybridized carbons (Fsp3) is 1.00. The normalized spacial score (nSPS) is 62.9. The van der Waals surface area contributed by atoms with Gasteiger partial charge in [0.05, 0.1) is 11.7 Å². The van der Waals surface area contributed by atoms with E-state index in [0.717, 1.165) is 37.0 Å². The van der Waals surface area contributed by atoms with E-state index < -0.39 is 12.3 Å². The Balaban J connectivity index is 1.41. The Bertz CT molecular complexity index is 536. The molecular formula is C21H33FO2. The van der Waals surface area contributed by atoms with E-state index >= 15 is 0 Å². The van der Waals surface area contributed by atoms with E-state index in [9.17, 15) is 14.6 Å². The van der Waals surface area contributed by atoms with E-state index in [2.05, 4.69) is 6.92 Å². The molecule has 11 atom stereocenters. The van der Waals surface area contributed by atoms with Gasteiger partial charge in [0.15, 0.2) is 0 Å². The Morgan fingerprint density at radius 1 is 0.958 bits per heavy atom. The van der Waals surface area contributed by atoms with Gasteiger partial charge < -0.3 is 10.2 Å². The van der Waals surface area contributed by atoms with Gasteiger partial charge in [0, 0.05) is 5.92 Å². The van der Waals surface area contributed by atoms with Crippen molar-refractivity contribution in [3.05, 3.63) is 0 Å². The third kappa shape index (κ3) is 1.95. The molecule has 5 aliphatic carbocycles. The topological polar surface area (TPSA) is 40.5 Å². The molecule has 3 heteroatoms. The van der Waals surface area contributed by atoms with Crippen molar-refractivity contribution in [1.82, 2.24) is 0 Å². The quantitative estimate of drug-likeness (QED) is 0.761. The lowest BCUT2D eigenvalue weighted by Gasteiger charge is -2.56. The van der Waals surface area contributed by atoms with Crippen LogP contribution < -0.4 is 0 Å². The molecule has 3 unspecified atom stereocenters. The molecule has 0 aromatic carbocycles. The fourth-order valence-electron chi connectivity index (χ4n) is 8.54. The summed E-state index contributed by atoms with van der Waals surface area (Å²) in [5, 5.41) is 20.7. The zero-order chi connectivity index (χ0) is 16.9. The minimum absolute atomic E-state index is 0.00340. The van der Waals surface area contributed by atoms with Gasteiger partial charge in [0.1, 0.15) is 6.17 Å². The van der Waals surface area contributed by atoms with Crippen LogP contribution in [0.3, 0.4) is 0 Å². The third-order valence-corrected chi connectivity index (χ3v) is 9.54. The molecule has 0 saturated heterocycles. The summed E-state index contributed by atoms with van der Waals surface area (Å²) in [7, 11) is 0. The second-order valence-electron chi connectivity index (χ2n) is 10.4. The standard InChI is InChI=1S/C21H33FO2/c1-11(23)19-18(22)9-16-14-3-4-15-13(6-8-21(24)10-17(15)21)12(14)5-7-20(16,19)2/h11-19,23-24H,3-10H2,1-2H3/t11?,12-,13-,14-,15?,16+,17?,18-,19+,20+,21+/m1/s1. The van der Waals surface area contributed by atoms with Crippen LogP contribution in [-0.4, -0.2) is 28.1 Å². The molecular weight excluding hydrogens is 303 g/mol. The van der Waals surface area contributed by atoms with Gasteiger partial charge in [0.25, 0.3) is 0 Å². The number of halogens is 1. The summed E-state index contributed by atoms with van der Waals surface area (Å²) < 4.78 is 14.8. The molecule has 0 bridgehead atoms. The Morgan fingerprint density at radius 2 is 1.58 bits per heavy atom. The first-order valence-corrected chi connectivity index (χ1v) is 10.4. The van der Waals surface area contributed by atoms with Crippen molar-refractivity contribution in [3.8, 4) is 0 Å². The number of rotatable bonds is 1. The van der Waals surface area contributed by atoms with Gasteiger partial charge in [-0.05, 0) is 99.2 Å². The van der Waals surface area contributed by atoms with E-state index in [1.165, 1.54) is 25.7 Å². The molecule has 136 valence electrons. The van der Waals surface area contributed by atoms with E-state index in [1.54, 1.807) is 6.92 Å². The lowest BCUT2D eigenvalue weighted by Crippen LogP contribution is -2.50. The Kier molecular flexibility index (Phi) is 3.32. The minimum atomic E-state index is -0.823. The third-order valence-electron chi connectivity index (χ3n) is 9.54. The van der Waals surface area contributed by atoms with Crippen LogP contribution >= 0.6 is 0 Å². The first-order valence-electron chi connectivity index (χ1n) is 10.4. The molecule has 0 spiro atoms. The molecule has 5 rings (SSSR count). The van der Waals surface area contributed by atoms with E-state index in [-0.39, 0.29) is 16.9 Å². The highest BCUT2D eigenvalue weighted by Gasteiger charge is 2.66. The SMILES string of the molecule is CC(O)[C@H]1[C@H](F)C[C@H]2[C@@H]3CCC4C5C[C@@]5(O)CC[C@@H]4[C@H]3CC[C@@]21C. The molecule has 24 heavy (non-hydrogen) atoms.